The number of aromatic hydroxyl groups is 1. The maximum absolute atomic E-state index is 13.1. The van der Waals surface area contributed by atoms with Gasteiger partial charge in [0.05, 0.1) is 0 Å². The van der Waals surface area contributed by atoms with Crippen molar-refractivity contribution in [1.29, 1.82) is 0 Å². The van der Waals surface area contributed by atoms with Crippen LogP contribution in [0.4, 0.5) is 4.39 Å². The van der Waals surface area contributed by atoms with E-state index in [1.54, 1.807) is 6.07 Å². The van der Waals surface area contributed by atoms with Gasteiger partial charge < -0.3 is 10.4 Å². The lowest BCUT2D eigenvalue weighted by atomic mass is 9.84. The summed E-state index contributed by atoms with van der Waals surface area (Å²) in [7, 11) is 1.86. The molecule has 0 fully saturated rings. The van der Waals surface area contributed by atoms with E-state index in [9.17, 15) is 4.39 Å². The quantitative estimate of drug-likeness (QED) is 0.777. The van der Waals surface area contributed by atoms with Crippen molar-refractivity contribution in [1.82, 2.24) is 5.32 Å². The SMILES string of the molecule is CNCC(C)(C)c1ccc(O)c(F)c1. The molecule has 0 heterocycles. The second kappa shape index (κ2) is 3.96. The predicted octanol–water partition coefficient (Wildman–Crippen LogP) is 2.03. The van der Waals surface area contributed by atoms with E-state index >= 15 is 0 Å². The number of rotatable bonds is 3. The second-order valence-corrected chi connectivity index (χ2v) is 4.08. The molecule has 0 spiro atoms. The van der Waals surface area contributed by atoms with Crippen LogP contribution in [0.25, 0.3) is 0 Å². The third kappa shape index (κ3) is 2.23. The van der Waals surface area contributed by atoms with E-state index in [0.717, 1.165) is 12.1 Å². The lowest BCUT2D eigenvalue weighted by Crippen LogP contribution is -2.30. The van der Waals surface area contributed by atoms with Crippen molar-refractivity contribution < 1.29 is 9.50 Å². The second-order valence-electron chi connectivity index (χ2n) is 4.08. The first-order chi connectivity index (χ1) is 6.47. The lowest BCUT2D eigenvalue weighted by Gasteiger charge is -2.24. The van der Waals surface area contributed by atoms with E-state index in [2.05, 4.69) is 5.32 Å². The van der Waals surface area contributed by atoms with Gasteiger partial charge in [-0.1, -0.05) is 19.9 Å². The normalized spacial score (nSPS) is 11.7. The van der Waals surface area contributed by atoms with Crippen LogP contribution in [0.15, 0.2) is 18.2 Å². The van der Waals surface area contributed by atoms with Gasteiger partial charge in [0.2, 0.25) is 0 Å². The average Bonchev–Trinajstić information content (AvgIpc) is 2.09. The zero-order valence-electron chi connectivity index (χ0n) is 8.76. The molecule has 0 amide bonds. The first-order valence-electron chi connectivity index (χ1n) is 4.61. The minimum absolute atomic E-state index is 0.136. The van der Waals surface area contributed by atoms with E-state index in [4.69, 9.17) is 5.11 Å². The molecule has 14 heavy (non-hydrogen) atoms. The molecular formula is C11H16FNO. The summed E-state index contributed by atoms with van der Waals surface area (Å²) in [6.45, 7) is 4.81. The molecule has 0 radical (unpaired) electrons. The number of phenols is 1. The molecule has 0 aliphatic heterocycles. The van der Waals surface area contributed by atoms with Gasteiger partial charge in [0.15, 0.2) is 11.6 Å². The van der Waals surface area contributed by atoms with E-state index in [1.165, 1.54) is 12.1 Å². The highest BCUT2D eigenvalue weighted by Gasteiger charge is 2.20. The number of phenolic OH excluding ortho intramolecular Hbond substituents is 1. The van der Waals surface area contributed by atoms with Gasteiger partial charge in [0.25, 0.3) is 0 Å². The van der Waals surface area contributed by atoms with Gasteiger partial charge in [-0.05, 0) is 24.7 Å². The van der Waals surface area contributed by atoms with Gasteiger partial charge >= 0.3 is 0 Å². The monoisotopic (exact) mass is 197 g/mol. The van der Waals surface area contributed by atoms with E-state index in [-0.39, 0.29) is 11.2 Å². The average molecular weight is 197 g/mol. The van der Waals surface area contributed by atoms with Crippen LogP contribution in [0.3, 0.4) is 0 Å². The molecule has 2 nitrogen and oxygen atoms in total. The van der Waals surface area contributed by atoms with Crippen molar-refractivity contribution in [3.63, 3.8) is 0 Å². The molecule has 0 saturated heterocycles. The summed E-state index contributed by atoms with van der Waals surface area (Å²) < 4.78 is 13.1. The van der Waals surface area contributed by atoms with Gasteiger partial charge in [-0.25, -0.2) is 4.39 Å². The van der Waals surface area contributed by atoms with Gasteiger partial charge in [-0.2, -0.15) is 0 Å². The Morgan fingerprint density at radius 2 is 2.07 bits per heavy atom. The molecule has 0 aromatic heterocycles. The number of hydrogen-bond acceptors (Lipinski definition) is 2. The lowest BCUT2D eigenvalue weighted by molar-refractivity contribution is 0.427. The predicted molar refractivity (Wildman–Crippen MR) is 55.0 cm³/mol. The third-order valence-electron chi connectivity index (χ3n) is 2.35. The molecule has 0 aliphatic carbocycles. The topological polar surface area (TPSA) is 32.3 Å². The Morgan fingerprint density at radius 3 is 2.57 bits per heavy atom. The van der Waals surface area contributed by atoms with Crippen molar-refractivity contribution >= 4 is 0 Å². The van der Waals surface area contributed by atoms with Gasteiger partial charge in [0.1, 0.15) is 0 Å². The molecule has 1 aromatic carbocycles. The van der Waals surface area contributed by atoms with Crippen molar-refractivity contribution in [2.75, 3.05) is 13.6 Å². The summed E-state index contributed by atoms with van der Waals surface area (Å²) in [4.78, 5) is 0. The van der Waals surface area contributed by atoms with Crippen LogP contribution >= 0.6 is 0 Å². The number of benzene rings is 1. The minimum atomic E-state index is -0.563. The minimum Gasteiger partial charge on any atom is -0.505 e. The van der Waals surface area contributed by atoms with Crippen molar-refractivity contribution in [3.05, 3.63) is 29.6 Å². The summed E-state index contributed by atoms with van der Waals surface area (Å²) in [5, 5.41) is 12.1. The maximum atomic E-state index is 13.1. The van der Waals surface area contributed by atoms with Crippen LogP contribution in [0.5, 0.6) is 5.75 Å². The Kier molecular flexibility index (Phi) is 3.11. The van der Waals surface area contributed by atoms with Crippen LogP contribution in [-0.4, -0.2) is 18.7 Å². The van der Waals surface area contributed by atoms with Crippen LogP contribution in [-0.2, 0) is 5.41 Å². The smallest absolute Gasteiger partial charge is 0.165 e. The number of halogens is 1. The van der Waals surface area contributed by atoms with Crippen molar-refractivity contribution in [2.24, 2.45) is 0 Å². The molecule has 0 unspecified atom stereocenters. The molecule has 1 rings (SSSR count). The van der Waals surface area contributed by atoms with Crippen LogP contribution in [0, 0.1) is 5.82 Å². The van der Waals surface area contributed by atoms with Crippen molar-refractivity contribution in [2.45, 2.75) is 19.3 Å². The summed E-state index contributed by atoms with van der Waals surface area (Å²) in [5.41, 5.74) is 0.741. The number of likely N-dealkylation sites (N-methyl/N-ethyl adjacent to an activating group) is 1. The highest BCUT2D eigenvalue weighted by Crippen LogP contribution is 2.26. The van der Waals surface area contributed by atoms with Crippen LogP contribution in [0.1, 0.15) is 19.4 Å². The van der Waals surface area contributed by atoms with E-state index in [1.807, 2.05) is 20.9 Å². The van der Waals surface area contributed by atoms with E-state index in [0.29, 0.717) is 0 Å². The summed E-state index contributed by atoms with van der Waals surface area (Å²) in [5.74, 6) is -0.860. The fourth-order valence-electron chi connectivity index (χ4n) is 1.47. The molecule has 0 atom stereocenters. The third-order valence-corrected chi connectivity index (χ3v) is 2.35. The first kappa shape index (κ1) is 11.0. The Hall–Kier alpha value is -1.09. The highest BCUT2D eigenvalue weighted by atomic mass is 19.1. The Labute approximate surface area is 83.8 Å². The molecule has 2 N–H and O–H groups in total. The Bertz CT molecular complexity index is 323. The first-order valence-corrected chi connectivity index (χ1v) is 4.61. The van der Waals surface area contributed by atoms with Crippen molar-refractivity contribution in [3.8, 4) is 5.75 Å². The molecule has 3 heteroatoms. The number of hydrogen-bond donors (Lipinski definition) is 2. The molecule has 78 valence electrons. The molecule has 0 bridgehead atoms. The fraction of sp³-hybridized carbons (Fsp3) is 0.455. The molecule has 0 aliphatic rings. The maximum Gasteiger partial charge on any atom is 0.165 e. The zero-order chi connectivity index (χ0) is 10.8. The highest BCUT2D eigenvalue weighted by molar-refractivity contribution is 5.32. The summed E-state index contributed by atoms with van der Waals surface area (Å²) in [6.07, 6.45) is 0. The molecule has 1 aromatic rings. The van der Waals surface area contributed by atoms with E-state index < -0.39 is 5.82 Å². The largest absolute Gasteiger partial charge is 0.505 e. The van der Waals surface area contributed by atoms with Gasteiger partial charge in [0, 0.05) is 12.0 Å². The molecule has 0 saturated carbocycles. The zero-order valence-corrected chi connectivity index (χ0v) is 8.76. The Morgan fingerprint density at radius 1 is 1.43 bits per heavy atom. The molecular weight excluding hydrogens is 181 g/mol. The number of nitrogens with one attached hydrogen (secondary N) is 1. The fourth-order valence-corrected chi connectivity index (χ4v) is 1.47. The van der Waals surface area contributed by atoms with Crippen LogP contribution < -0.4 is 5.32 Å². The van der Waals surface area contributed by atoms with Gasteiger partial charge in [-0.15, -0.1) is 0 Å². The van der Waals surface area contributed by atoms with Crippen LogP contribution in [0.2, 0.25) is 0 Å². The summed E-state index contributed by atoms with van der Waals surface area (Å²) in [6, 6.07) is 4.52. The standard InChI is InChI=1S/C11H16FNO/c1-11(2,7-13-3)8-4-5-10(14)9(12)6-8/h4-6,13-14H,7H2,1-3H3. The Balaban J connectivity index is 3.01. The van der Waals surface area contributed by atoms with Gasteiger partial charge in [-0.3, -0.25) is 0 Å². The summed E-state index contributed by atoms with van der Waals surface area (Å²) >= 11 is 0.